The van der Waals surface area contributed by atoms with Crippen LogP contribution in [-0.2, 0) is 0 Å². The van der Waals surface area contributed by atoms with Crippen LogP contribution >= 0.6 is 39.9 Å². The van der Waals surface area contributed by atoms with E-state index in [2.05, 4.69) is 15.9 Å². The first-order valence-electron chi connectivity index (χ1n) is 5.68. The predicted molar refractivity (Wildman–Crippen MR) is 89.1 cm³/mol. The fourth-order valence-corrected chi connectivity index (χ4v) is 2.82. The molecule has 0 atom stereocenters. The summed E-state index contributed by atoms with van der Waals surface area (Å²) in [6, 6.07) is 17.1. The van der Waals surface area contributed by atoms with Crippen LogP contribution in [0.15, 0.2) is 59.1 Å². The zero-order chi connectivity index (χ0) is 13.7. The molecule has 2 aromatic rings. The van der Waals surface area contributed by atoms with Crippen LogP contribution in [0, 0.1) is 0 Å². The molecule has 0 saturated heterocycles. The molecule has 0 spiro atoms. The molecule has 0 heterocycles. The number of hydrogen-bond acceptors (Lipinski definition) is 3. The fourth-order valence-electron chi connectivity index (χ4n) is 1.51. The van der Waals surface area contributed by atoms with Crippen LogP contribution in [0.25, 0.3) is 0 Å². The Balaban J connectivity index is 1.94. The van der Waals surface area contributed by atoms with E-state index in [9.17, 15) is 4.79 Å². The van der Waals surface area contributed by atoms with E-state index in [1.807, 2.05) is 54.6 Å². The van der Waals surface area contributed by atoms with E-state index < -0.39 is 0 Å². The van der Waals surface area contributed by atoms with Gasteiger partial charge < -0.3 is 0 Å². The monoisotopic (exact) mass is 350 g/mol. The molecule has 0 unspecified atom stereocenters. The van der Waals surface area contributed by atoms with Crippen LogP contribution in [-0.4, -0.2) is 15.7 Å². The number of Topliss-reactive ketones (excluding diaryl/α,β-unsaturated/α-hetero) is 1. The lowest BCUT2D eigenvalue weighted by molar-refractivity contribution is 0.102. The summed E-state index contributed by atoms with van der Waals surface area (Å²) >= 11 is 10.1. The number of rotatable bonds is 4. The predicted octanol–water partition coefficient (Wildman–Crippen LogP) is 4.74. The number of thiocarbonyl (C=S) groups is 1. The van der Waals surface area contributed by atoms with Gasteiger partial charge in [-0.15, -0.1) is 11.8 Å². The Bertz CT molecular complexity index is 579. The van der Waals surface area contributed by atoms with Crippen molar-refractivity contribution in [3.05, 3.63) is 70.2 Å². The van der Waals surface area contributed by atoms with Gasteiger partial charge in [0, 0.05) is 10.0 Å². The largest absolute Gasteiger partial charge is 0.293 e. The molecule has 0 bridgehead atoms. The van der Waals surface area contributed by atoms with Crippen LogP contribution in [0.3, 0.4) is 0 Å². The van der Waals surface area contributed by atoms with Gasteiger partial charge in [-0.1, -0.05) is 70.6 Å². The van der Waals surface area contributed by atoms with Gasteiger partial charge in [-0.3, -0.25) is 4.79 Å². The van der Waals surface area contributed by atoms with Crippen molar-refractivity contribution in [2.24, 2.45) is 0 Å². The third-order valence-electron chi connectivity index (χ3n) is 2.51. The summed E-state index contributed by atoms with van der Waals surface area (Å²) in [5.41, 5.74) is 1.71. The summed E-state index contributed by atoms with van der Waals surface area (Å²) in [4.78, 5) is 12.0. The van der Waals surface area contributed by atoms with Crippen molar-refractivity contribution in [2.75, 3.05) is 5.75 Å². The maximum Gasteiger partial charge on any atom is 0.173 e. The summed E-state index contributed by atoms with van der Waals surface area (Å²) in [5, 5.41) is 0. The Hall–Kier alpha value is -0.970. The molecule has 0 aliphatic rings. The van der Waals surface area contributed by atoms with Crippen LogP contribution in [0.4, 0.5) is 0 Å². The second-order valence-electron chi connectivity index (χ2n) is 3.87. The zero-order valence-electron chi connectivity index (χ0n) is 10.0. The molecule has 0 aliphatic heterocycles. The van der Waals surface area contributed by atoms with E-state index in [-0.39, 0.29) is 5.78 Å². The molecule has 0 radical (unpaired) electrons. The molecule has 19 heavy (non-hydrogen) atoms. The quantitative estimate of drug-likeness (QED) is 0.585. The Kier molecular flexibility index (Phi) is 5.31. The third kappa shape index (κ3) is 4.27. The lowest BCUT2D eigenvalue weighted by Gasteiger charge is -2.03. The van der Waals surface area contributed by atoms with Crippen molar-refractivity contribution in [3.8, 4) is 0 Å². The average Bonchev–Trinajstić information content (AvgIpc) is 2.46. The van der Waals surface area contributed by atoms with Gasteiger partial charge in [0.1, 0.15) is 0 Å². The highest BCUT2D eigenvalue weighted by atomic mass is 79.9. The average molecular weight is 351 g/mol. The van der Waals surface area contributed by atoms with Crippen LogP contribution in [0.5, 0.6) is 0 Å². The second-order valence-corrected chi connectivity index (χ2v) is 6.44. The van der Waals surface area contributed by atoms with E-state index in [0.717, 1.165) is 14.2 Å². The first-order chi connectivity index (χ1) is 9.16. The maximum atomic E-state index is 12.0. The van der Waals surface area contributed by atoms with Gasteiger partial charge in [0.15, 0.2) is 5.78 Å². The molecule has 0 amide bonds. The number of thioether (sulfide) groups is 1. The molecule has 0 N–H and O–H groups in total. The standard InChI is InChI=1S/C15H11BrOS2/c16-13-8-6-11(7-9-13)14(17)10-19-15(18)12-4-2-1-3-5-12/h1-9H,10H2. The second kappa shape index (κ2) is 6.98. The molecule has 0 aliphatic carbocycles. The van der Waals surface area contributed by atoms with Gasteiger partial charge in [-0.05, 0) is 17.7 Å². The molecule has 96 valence electrons. The summed E-state index contributed by atoms with van der Waals surface area (Å²) < 4.78 is 1.72. The number of carbonyl (C=O) groups is 1. The Morgan fingerprint density at radius 1 is 1.00 bits per heavy atom. The molecule has 0 aromatic heterocycles. The first kappa shape index (κ1) is 14.4. The van der Waals surface area contributed by atoms with Gasteiger partial charge in [0.05, 0.1) is 9.95 Å². The summed E-state index contributed by atoms with van der Waals surface area (Å²) in [7, 11) is 0. The highest BCUT2D eigenvalue weighted by molar-refractivity contribution is 9.10. The van der Waals surface area contributed by atoms with E-state index in [0.29, 0.717) is 11.3 Å². The van der Waals surface area contributed by atoms with Gasteiger partial charge >= 0.3 is 0 Å². The van der Waals surface area contributed by atoms with Crippen molar-refractivity contribution in [3.63, 3.8) is 0 Å². The normalized spacial score (nSPS) is 10.2. The minimum Gasteiger partial charge on any atom is -0.293 e. The molecule has 2 rings (SSSR count). The van der Waals surface area contributed by atoms with E-state index in [1.54, 1.807) is 0 Å². The van der Waals surface area contributed by atoms with E-state index >= 15 is 0 Å². The molecular weight excluding hydrogens is 340 g/mol. The summed E-state index contributed by atoms with van der Waals surface area (Å²) in [6.07, 6.45) is 0. The minimum absolute atomic E-state index is 0.0933. The number of benzene rings is 2. The zero-order valence-corrected chi connectivity index (χ0v) is 13.2. The molecule has 2 aromatic carbocycles. The smallest absolute Gasteiger partial charge is 0.173 e. The number of hydrogen-bond donors (Lipinski definition) is 0. The Morgan fingerprint density at radius 3 is 2.26 bits per heavy atom. The molecule has 0 saturated carbocycles. The summed E-state index contributed by atoms with van der Waals surface area (Å²) in [5.74, 6) is 0.464. The number of ketones is 1. The lowest BCUT2D eigenvalue weighted by atomic mass is 10.2. The molecule has 0 fully saturated rings. The topological polar surface area (TPSA) is 17.1 Å². The number of carbonyl (C=O) groups excluding carboxylic acids is 1. The fraction of sp³-hybridized carbons (Fsp3) is 0.0667. The highest BCUT2D eigenvalue weighted by Crippen LogP contribution is 2.17. The Morgan fingerprint density at radius 2 is 1.63 bits per heavy atom. The molecule has 4 heteroatoms. The SMILES string of the molecule is O=C(CSC(=S)c1ccccc1)c1ccc(Br)cc1. The van der Waals surface area contributed by atoms with E-state index in [4.69, 9.17) is 12.2 Å². The van der Waals surface area contributed by atoms with Crippen molar-refractivity contribution in [2.45, 2.75) is 0 Å². The van der Waals surface area contributed by atoms with Crippen molar-refractivity contribution in [1.82, 2.24) is 0 Å². The van der Waals surface area contributed by atoms with Crippen LogP contribution in [0.2, 0.25) is 0 Å². The van der Waals surface area contributed by atoms with Gasteiger partial charge in [0.25, 0.3) is 0 Å². The van der Waals surface area contributed by atoms with Crippen molar-refractivity contribution >= 4 is 49.9 Å². The van der Waals surface area contributed by atoms with Gasteiger partial charge in [0.2, 0.25) is 0 Å². The van der Waals surface area contributed by atoms with E-state index in [1.165, 1.54) is 11.8 Å². The van der Waals surface area contributed by atoms with Crippen LogP contribution in [0.1, 0.15) is 15.9 Å². The molecule has 1 nitrogen and oxygen atoms in total. The van der Waals surface area contributed by atoms with Crippen molar-refractivity contribution in [1.29, 1.82) is 0 Å². The number of halogens is 1. The maximum absolute atomic E-state index is 12.0. The highest BCUT2D eigenvalue weighted by Gasteiger charge is 2.08. The summed E-state index contributed by atoms with van der Waals surface area (Å²) in [6.45, 7) is 0. The van der Waals surface area contributed by atoms with Crippen LogP contribution < -0.4 is 0 Å². The van der Waals surface area contributed by atoms with Gasteiger partial charge in [-0.25, -0.2) is 0 Å². The Labute approximate surface area is 130 Å². The molecular formula is C15H11BrOS2. The lowest BCUT2D eigenvalue weighted by Crippen LogP contribution is -2.04. The minimum atomic E-state index is 0.0933. The first-order valence-corrected chi connectivity index (χ1v) is 7.86. The van der Waals surface area contributed by atoms with Gasteiger partial charge in [-0.2, -0.15) is 0 Å². The third-order valence-corrected chi connectivity index (χ3v) is 4.53. The van der Waals surface area contributed by atoms with Crippen molar-refractivity contribution < 1.29 is 4.79 Å².